The van der Waals surface area contributed by atoms with Crippen molar-refractivity contribution in [2.45, 2.75) is 18.9 Å². The second kappa shape index (κ2) is 7.71. The summed E-state index contributed by atoms with van der Waals surface area (Å²) in [5.74, 6) is -0.0957. The highest BCUT2D eigenvalue weighted by molar-refractivity contribution is 9.10. The third-order valence-corrected chi connectivity index (χ3v) is 3.92. The molecule has 2 rings (SSSR count). The smallest absolute Gasteiger partial charge is 0.270 e. The molecule has 2 heterocycles. The number of amides is 1. The summed E-state index contributed by atoms with van der Waals surface area (Å²) in [5, 5.41) is 3.06. The van der Waals surface area contributed by atoms with Crippen molar-refractivity contribution in [1.82, 2.24) is 15.2 Å². The minimum Gasteiger partial charge on any atom is -0.383 e. The van der Waals surface area contributed by atoms with Crippen molar-refractivity contribution in [2.75, 3.05) is 33.4 Å². The fourth-order valence-electron chi connectivity index (χ4n) is 2.32. The SMILES string of the molecule is COCCN1CCC(NC(=O)c2cccc(Br)n2)CC1. The molecule has 0 atom stereocenters. The first kappa shape index (κ1) is 15.4. The van der Waals surface area contributed by atoms with E-state index in [2.05, 4.69) is 31.1 Å². The topological polar surface area (TPSA) is 54.5 Å². The summed E-state index contributed by atoms with van der Waals surface area (Å²) >= 11 is 3.28. The molecule has 1 aliphatic rings. The molecule has 110 valence electrons. The number of ether oxygens (including phenoxy) is 1. The Morgan fingerprint density at radius 1 is 1.50 bits per heavy atom. The number of hydrogen-bond donors (Lipinski definition) is 1. The third-order valence-electron chi connectivity index (χ3n) is 3.48. The van der Waals surface area contributed by atoms with Crippen LogP contribution in [0.3, 0.4) is 0 Å². The lowest BCUT2D eigenvalue weighted by Gasteiger charge is -2.32. The summed E-state index contributed by atoms with van der Waals surface area (Å²) in [6.45, 7) is 3.73. The predicted molar refractivity (Wildman–Crippen MR) is 80.7 cm³/mol. The average Bonchev–Trinajstić information content (AvgIpc) is 2.46. The Hall–Kier alpha value is -0.980. The molecule has 0 saturated carbocycles. The van der Waals surface area contributed by atoms with Crippen LogP contribution in [0.2, 0.25) is 0 Å². The van der Waals surface area contributed by atoms with Crippen molar-refractivity contribution in [3.05, 3.63) is 28.5 Å². The Morgan fingerprint density at radius 2 is 2.25 bits per heavy atom. The fraction of sp³-hybridized carbons (Fsp3) is 0.571. The van der Waals surface area contributed by atoms with Crippen LogP contribution in [0.4, 0.5) is 0 Å². The summed E-state index contributed by atoms with van der Waals surface area (Å²) in [6, 6.07) is 5.60. The Balaban J connectivity index is 1.79. The van der Waals surface area contributed by atoms with Crippen LogP contribution in [0.5, 0.6) is 0 Å². The number of rotatable bonds is 5. The Morgan fingerprint density at radius 3 is 2.90 bits per heavy atom. The van der Waals surface area contributed by atoms with Gasteiger partial charge in [0.25, 0.3) is 5.91 Å². The van der Waals surface area contributed by atoms with Crippen LogP contribution < -0.4 is 5.32 Å². The minimum atomic E-state index is -0.0957. The van der Waals surface area contributed by atoms with Gasteiger partial charge >= 0.3 is 0 Å². The van der Waals surface area contributed by atoms with Gasteiger partial charge in [0.05, 0.1) is 6.61 Å². The van der Waals surface area contributed by atoms with Crippen LogP contribution in [0, 0.1) is 0 Å². The number of piperidine rings is 1. The number of carbonyl (C=O) groups excluding carboxylic acids is 1. The van der Waals surface area contributed by atoms with Crippen molar-refractivity contribution in [1.29, 1.82) is 0 Å². The van der Waals surface area contributed by atoms with E-state index in [1.165, 1.54) is 0 Å². The number of nitrogens with zero attached hydrogens (tertiary/aromatic N) is 2. The minimum absolute atomic E-state index is 0.0957. The predicted octanol–water partition coefficient (Wildman–Crippen LogP) is 1.68. The maximum absolute atomic E-state index is 12.1. The van der Waals surface area contributed by atoms with Crippen molar-refractivity contribution in [3.63, 3.8) is 0 Å². The highest BCUT2D eigenvalue weighted by atomic mass is 79.9. The van der Waals surface area contributed by atoms with Crippen molar-refractivity contribution >= 4 is 21.8 Å². The highest BCUT2D eigenvalue weighted by Crippen LogP contribution is 2.11. The van der Waals surface area contributed by atoms with Gasteiger partial charge in [-0.05, 0) is 40.9 Å². The summed E-state index contributed by atoms with van der Waals surface area (Å²) in [7, 11) is 1.72. The molecule has 1 aromatic heterocycles. The molecule has 1 saturated heterocycles. The molecule has 1 aromatic rings. The number of nitrogens with one attached hydrogen (secondary N) is 1. The van der Waals surface area contributed by atoms with Gasteiger partial charge in [-0.15, -0.1) is 0 Å². The zero-order valence-corrected chi connectivity index (χ0v) is 13.2. The molecule has 0 aromatic carbocycles. The van der Waals surface area contributed by atoms with E-state index in [1.807, 2.05) is 12.1 Å². The molecule has 1 amide bonds. The molecule has 5 nitrogen and oxygen atoms in total. The molecule has 1 N–H and O–H groups in total. The Kier molecular flexibility index (Phi) is 5.94. The first-order chi connectivity index (χ1) is 9.69. The number of likely N-dealkylation sites (tertiary alicyclic amines) is 1. The largest absolute Gasteiger partial charge is 0.383 e. The molecule has 0 unspecified atom stereocenters. The second-order valence-corrected chi connectivity index (χ2v) is 5.74. The van der Waals surface area contributed by atoms with Crippen molar-refractivity contribution in [2.24, 2.45) is 0 Å². The maximum Gasteiger partial charge on any atom is 0.270 e. The second-order valence-electron chi connectivity index (χ2n) is 4.93. The number of methoxy groups -OCH3 is 1. The number of hydrogen-bond acceptors (Lipinski definition) is 4. The van der Waals surface area contributed by atoms with Gasteiger partial charge in [0.1, 0.15) is 10.3 Å². The zero-order valence-electron chi connectivity index (χ0n) is 11.6. The normalized spacial score (nSPS) is 17.1. The average molecular weight is 342 g/mol. The molecule has 1 aliphatic heterocycles. The van der Waals surface area contributed by atoms with E-state index in [9.17, 15) is 4.79 Å². The van der Waals surface area contributed by atoms with Crippen LogP contribution in [0.1, 0.15) is 23.3 Å². The maximum atomic E-state index is 12.1. The van der Waals surface area contributed by atoms with Crippen LogP contribution >= 0.6 is 15.9 Å². The van der Waals surface area contributed by atoms with Gasteiger partial charge in [0.15, 0.2) is 0 Å². The first-order valence-electron chi connectivity index (χ1n) is 6.84. The monoisotopic (exact) mass is 341 g/mol. The summed E-state index contributed by atoms with van der Waals surface area (Å²) in [4.78, 5) is 18.6. The summed E-state index contributed by atoms with van der Waals surface area (Å²) in [5.41, 5.74) is 0.459. The Bertz CT molecular complexity index is 448. The number of aromatic nitrogens is 1. The summed E-state index contributed by atoms with van der Waals surface area (Å²) in [6.07, 6.45) is 1.95. The molecular weight excluding hydrogens is 322 g/mol. The number of halogens is 1. The lowest BCUT2D eigenvalue weighted by Crippen LogP contribution is -2.45. The van der Waals surface area contributed by atoms with E-state index in [-0.39, 0.29) is 11.9 Å². The molecule has 0 radical (unpaired) electrons. The van der Waals surface area contributed by atoms with Gasteiger partial charge in [-0.25, -0.2) is 4.98 Å². The number of carbonyl (C=O) groups is 1. The van der Waals surface area contributed by atoms with Crippen LogP contribution in [0.15, 0.2) is 22.8 Å². The van der Waals surface area contributed by atoms with Crippen LogP contribution in [-0.2, 0) is 4.74 Å². The molecule has 1 fully saturated rings. The van der Waals surface area contributed by atoms with Crippen LogP contribution in [0.25, 0.3) is 0 Å². The first-order valence-corrected chi connectivity index (χ1v) is 7.63. The highest BCUT2D eigenvalue weighted by Gasteiger charge is 2.21. The standard InChI is InChI=1S/C14H20BrN3O2/c1-20-10-9-18-7-5-11(6-8-18)16-14(19)12-3-2-4-13(15)17-12/h2-4,11H,5-10H2,1H3,(H,16,19). The van der Waals surface area contributed by atoms with E-state index in [0.29, 0.717) is 10.3 Å². The Labute approximate surface area is 127 Å². The summed E-state index contributed by atoms with van der Waals surface area (Å²) < 4.78 is 5.76. The molecule has 6 heteroatoms. The molecule has 0 bridgehead atoms. The van der Waals surface area contributed by atoms with Crippen LogP contribution in [-0.4, -0.2) is 55.2 Å². The molecule has 20 heavy (non-hydrogen) atoms. The zero-order chi connectivity index (χ0) is 14.4. The van der Waals surface area contributed by atoms with Crippen molar-refractivity contribution < 1.29 is 9.53 Å². The van der Waals surface area contributed by atoms with E-state index in [0.717, 1.165) is 39.1 Å². The van der Waals surface area contributed by atoms with E-state index >= 15 is 0 Å². The lowest BCUT2D eigenvalue weighted by molar-refractivity contribution is 0.0888. The molecule has 0 spiro atoms. The quantitative estimate of drug-likeness (QED) is 0.828. The van der Waals surface area contributed by atoms with Crippen molar-refractivity contribution in [3.8, 4) is 0 Å². The third kappa shape index (κ3) is 4.54. The molecular formula is C14H20BrN3O2. The van der Waals surface area contributed by atoms with Gasteiger partial charge in [-0.1, -0.05) is 6.07 Å². The fourth-order valence-corrected chi connectivity index (χ4v) is 2.66. The number of pyridine rings is 1. The van der Waals surface area contributed by atoms with E-state index < -0.39 is 0 Å². The van der Waals surface area contributed by atoms with Gasteiger partial charge in [-0.2, -0.15) is 0 Å². The van der Waals surface area contributed by atoms with Gasteiger partial charge in [0, 0.05) is 32.8 Å². The van der Waals surface area contributed by atoms with Gasteiger partial charge in [0.2, 0.25) is 0 Å². The lowest BCUT2D eigenvalue weighted by atomic mass is 10.0. The molecule has 0 aliphatic carbocycles. The van der Waals surface area contributed by atoms with Gasteiger partial charge < -0.3 is 15.0 Å². The van der Waals surface area contributed by atoms with E-state index in [4.69, 9.17) is 4.74 Å². The van der Waals surface area contributed by atoms with E-state index in [1.54, 1.807) is 13.2 Å². The van der Waals surface area contributed by atoms with Gasteiger partial charge in [-0.3, -0.25) is 4.79 Å².